The average molecular weight is 278 g/mol. The van der Waals surface area contributed by atoms with Gasteiger partial charge in [-0.2, -0.15) is 13.1 Å². The summed E-state index contributed by atoms with van der Waals surface area (Å²) in [6, 6.07) is 0. The fraction of sp³-hybridized carbons (Fsp3) is 1.00. The van der Waals surface area contributed by atoms with Crippen LogP contribution in [0.15, 0.2) is 0 Å². The van der Waals surface area contributed by atoms with Gasteiger partial charge in [0.2, 0.25) is 0 Å². The third kappa shape index (κ3) is 2.19. The van der Waals surface area contributed by atoms with Crippen LogP contribution in [-0.2, 0) is 20.1 Å². The van der Waals surface area contributed by atoms with Crippen LogP contribution in [0, 0.1) is 0 Å². The minimum absolute atomic E-state index is 0.187. The van der Waals surface area contributed by atoms with Crippen LogP contribution < -0.4 is 0 Å². The molecule has 16 heavy (non-hydrogen) atoms. The Morgan fingerprint density at radius 1 is 1.00 bits per heavy atom. The van der Waals surface area contributed by atoms with E-state index in [9.17, 15) is 30.2 Å². The largest absolute Gasteiger partial charge is 0.742 e. The molecule has 1 aliphatic rings. The van der Waals surface area contributed by atoms with E-state index in [2.05, 4.69) is 0 Å². The second-order valence-electron chi connectivity index (χ2n) is 3.38. The first-order valence-corrected chi connectivity index (χ1v) is 7.28. The molecule has 0 spiro atoms. The Bertz CT molecular complexity index is 451. The molecule has 0 radical (unpaired) electrons. The van der Waals surface area contributed by atoms with Crippen molar-refractivity contribution in [2.45, 2.75) is 23.8 Å². The van der Waals surface area contributed by atoms with Gasteiger partial charge in [0.05, 0.1) is 0 Å². The van der Waals surface area contributed by atoms with E-state index >= 15 is 0 Å². The molecule has 0 aromatic carbocycles. The predicted octanol–water partition coefficient (Wildman–Crippen LogP) is -0.102. The normalized spacial score (nSPS) is 20.9. The summed E-state index contributed by atoms with van der Waals surface area (Å²) in [5, 5.41) is 0. The van der Waals surface area contributed by atoms with Crippen molar-refractivity contribution in [1.29, 1.82) is 0 Å². The number of nitrogens with zero attached hydrogens (tertiary/aromatic N) is 1. The van der Waals surface area contributed by atoms with Crippen LogP contribution in [0.4, 0.5) is 8.78 Å². The topological polar surface area (TPSA) is 94.6 Å². The summed E-state index contributed by atoms with van der Waals surface area (Å²) in [6.07, 6.45) is 1.42. The molecule has 1 rings (SSSR count). The Morgan fingerprint density at radius 2 is 1.44 bits per heavy atom. The first-order valence-electron chi connectivity index (χ1n) is 4.43. The maximum absolute atomic E-state index is 13.0. The number of hydrogen-bond acceptors (Lipinski definition) is 5. The number of alkyl halides is 2. The van der Waals surface area contributed by atoms with Crippen molar-refractivity contribution in [2.75, 3.05) is 13.1 Å². The van der Waals surface area contributed by atoms with E-state index in [1.54, 1.807) is 0 Å². The Labute approximate surface area is 92.0 Å². The second-order valence-corrected chi connectivity index (χ2v) is 7.04. The molecule has 1 aliphatic heterocycles. The number of rotatable bonds is 3. The molecule has 0 aromatic rings. The summed E-state index contributed by atoms with van der Waals surface area (Å²) in [5.41, 5.74) is 0. The minimum Gasteiger partial charge on any atom is -0.742 e. The van der Waals surface area contributed by atoms with Crippen molar-refractivity contribution in [3.63, 3.8) is 0 Å². The Morgan fingerprint density at radius 3 is 1.81 bits per heavy atom. The van der Waals surface area contributed by atoms with Crippen LogP contribution >= 0.6 is 0 Å². The summed E-state index contributed by atoms with van der Waals surface area (Å²) in [7, 11) is -11.6. The van der Waals surface area contributed by atoms with Crippen LogP contribution in [0.5, 0.6) is 0 Å². The lowest BCUT2D eigenvalue weighted by molar-refractivity contribution is 0.151. The molecule has 96 valence electrons. The van der Waals surface area contributed by atoms with E-state index in [4.69, 9.17) is 0 Å². The summed E-state index contributed by atoms with van der Waals surface area (Å²) in [4.78, 5) is 0. The third-order valence-corrected chi connectivity index (χ3v) is 5.72. The van der Waals surface area contributed by atoms with Crippen LogP contribution in [0.3, 0.4) is 0 Å². The van der Waals surface area contributed by atoms with Gasteiger partial charge in [-0.3, -0.25) is 0 Å². The number of halogens is 2. The van der Waals surface area contributed by atoms with Crippen molar-refractivity contribution < 1.29 is 30.2 Å². The van der Waals surface area contributed by atoms with Gasteiger partial charge in [0.1, 0.15) is 0 Å². The molecule has 0 amide bonds. The summed E-state index contributed by atoms with van der Waals surface area (Å²) < 4.78 is 74.2. The quantitative estimate of drug-likeness (QED) is 0.672. The van der Waals surface area contributed by atoms with Crippen molar-refractivity contribution in [3.8, 4) is 0 Å². The van der Waals surface area contributed by atoms with E-state index in [1.165, 1.54) is 0 Å². The van der Waals surface area contributed by atoms with E-state index < -0.39 is 24.7 Å². The van der Waals surface area contributed by atoms with Gasteiger partial charge in [-0.1, -0.05) is 6.42 Å². The van der Waals surface area contributed by atoms with E-state index in [1.807, 2.05) is 0 Å². The minimum atomic E-state index is -6.22. The van der Waals surface area contributed by atoms with Gasteiger partial charge in [0, 0.05) is 13.1 Å². The molecule has 0 aromatic heterocycles. The van der Waals surface area contributed by atoms with Gasteiger partial charge in [0.15, 0.2) is 10.1 Å². The molecule has 0 saturated carbocycles. The molecule has 1 fully saturated rings. The van der Waals surface area contributed by atoms with E-state index in [0.29, 0.717) is 23.6 Å². The van der Waals surface area contributed by atoms with Gasteiger partial charge in [-0.15, -0.1) is 0 Å². The Balaban J connectivity index is 3.10. The average Bonchev–Trinajstić information content (AvgIpc) is 2.17. The molecular formula is C6H10F2NO5S2-. The maximum Gasteiger partial charge on any atom is 0.447 e. The SMILES string of the molecule is O=S(=O)([O-])C(F)(F)S(=O)(=O)N1CCCCC1. The monoisotopic (exact) mass is 278 g/mol. The maximum atomic E-state index is 13.0. The molecule has 0 atom stereocenters. The Kier molecular flexibility index (Phi) is 3.58. The van der Waals surface area contributed by atoms with Gasteiger partial charge in [0.25, 0.3) is 10.0 Å². The predicted molar refractivity (Wildman–Crippen MR) is 49.0 cm³/mol. The van der Waals surface area contributed by atoms with Crippen LogP contribution in [0.25, 0.3) is 0 Å². The molecule has 0 aliphatic carbocycles. The summed E-state index contributed by atoms with van der Waals surface area (Å²) in [5.74, 6) is 0. The molecule has 1 heterocycles. The zero-order valence-electron chi connectivity index (χ0n) is 8.10. The van der Waals surface area contributed by atoms with Crippen molar-refractivity contribution in [3.05, 3.63) is 0 Å². The number of hydrogen-bond donors (Lipinski definition) is 0. The third-order valence-electron chi connectivity index (χ3n) is 2.25. The van der Waals surface area contributed by atoms with E-state index in [0.717, 1.165) is 0 Å². The second kappa shape index (κ2) is 4.17. The fourth-order valence-corrected chi connectivity index (χ4v) is 3.77. The molecule has 0 bridgehead atoms. The smallest absolute Gasteiger partial charge is 0.447 e. The fourth-order valence-electron chi connectivity index (χ4n) is 1.38. The first kappa shape index (κ1) is 13.7. The van der Waals surface area contributed by atoms with Gasteiger partial charge in [-0.25, -0.2) is 16.8 Å². The van der Waals surface area contributed by atoms with Crippen molar-refractivity contribution in [1.82, 2.24) is 4.31 Å². The molecule has 0 N–H and O–H groups in total. The number of piperidine rings is 1. The molecule has 1 saturated heterocycles. The van der Waals surface area contributed by atoms with Gasteiger partial charge >= 0.3 is 4.59 Å². The highest BCUT2D eigenvalue weighted by molar-refractivity contribution is 8.06. The van der Waals surface area contributed by atoms with Crippen molar-refractivity contribution in [2.24, 2.45) is 0 Å². The van der Waals surface area contributed by atoms with E-state index in [-0.39, 0.29) is 13.1 Å². The van der Waals surface area contributed by atoms with Crippen molar-refractivity contribution >= 4 is 20.1 Å². The lowest BCUT2D eigenvalue weighted by Gasteiger charge is -2.30. The Hall–Kier alpha value is -0.320. The van der Waals surface area contributed by atoms with Gasteiger partial charge < -0.3 is 4.55 Å². The highest BCUT2D eigenvalue weighted by atomic mass is 32.3. The molecular weight excluding hydrogens is 268 g/mol. The lowest BCUT2D eigenvalue weighted by Crippen LogP contribution is -2.49. The standard InChI is InChI=1S/C6H11F2NO5S2/c7-6(8,16(12,13)14)15(10,11)9-4-2-1-3-5-9/h1-5H2,(H,12,13,14)/p-1. The summed E-state index contributed by atoms with van der Waals surface area (Å²) in [6.45, 7) is -0.374. The van der Waals surface area contributed by atoms with Gasteiger partial charge in [-0.05, 0) is 12.8 Å². The molecule has 0 unspecified atom stereocenters. The summed E-state index contributed by atoms with van der Waals surface area (Å²) >= 11 is 0. The van der Waals surface area contributed by atoms with Crippen LogP contribution in [0.2, 0.25) is 0 Å². The lowest BCUT2D eigenvalue weighted by atomic mass is 10.2. The highest BCUT2D eigenvalue weighted by Gasteiger charge is 2.55. The zero-order chi connectivity index (χ0) is 12.6. The van der Waals surface area contributed by atoms with Crippen LogP contribution in [-0.4, -0.2) is 43.4 Å². The molecule has 6 nitrogen and oxygen atoms in total. The highest BCUT2D eigenvalue weighted by Crippen LogP contribution is 2.31. The zero-order valence-corrected chi connectivity index (χ0v) is 9.73. The number of sulfonamides is 1. The van der Waals surface area contributed by atoms with Crippen LogP contribution in [0.1, 0.15) is 19.3 Å². The first-order chi connectivity index (χ1) is 7.11. The molecule has 10 heteroatoms.